The summed E-state index contributed by atoms with van der Waals surface area (Å²) in [5, 5.41) is 0.133. The van der Waals surface area contributed by atoms with Crippen molar-refractivity contribution in [2.24, 2.45) is 0 Å². The predicted molar refractivity (Wildman–Crippen MR) is 96.6 cm³/mol. The predicted octanol–water partition coefficient (Wildman–Crippen LogP) is 4.00. The van der Waals surface area contributed by atoms with Gasteiger partial charge >= 0.3 is 0 Å². The number of nitrogens with zero attached hydrogens (tertiary/aromatic N) is 1. The smallest absolute Gasteiger partial charge is 0.262 e. The van der Waals surface area contributed by atoms with Crippen LogP contribution in [0.25, 0.3) is 0 Å². The highest BCUT2D eigenvalue weighted by molar-refractivity contribution is 6.74. The van der Waals surface area contributed by atoms with Crippen LogP contribution in [-0.4, -0.2) is 37.2 Å². The highest BCUT2D eigenvalue weighted by Gasteiger charge is 2.43. The van der Waals surface area contributed by atoms with E-state index in [-0.39, 0.29) is 29.0 Å². The summed E-state index contributed by atoms with van der Waals surface area (Å²) >= 11 is 0. The van der Waals surface area contributed by atoms with Crippen LogP contribution in [0.2, 0.25) is 18.1 Å². The van der Waals surface area contributed by atoms with Crippen LogP contribution >= 0.6 is 0 Å². The Hall–Kier alpha value is -1.72. The second-order valence-corrected chi connectivity index (χ2v) is 12.9. The lowest BCUT2D eigenvalue weighted by Gasteiger charge is -2.38. The molecule has 1 aliphatic heterocycles. The van der Waals surface area contributed by atoms with Gasteiger partial charge in [-0.25, -0.2) is 0 Å². The highest BCUT2D eigenvalue weighted by Crippen LogP contribution is 2.39. The molecule has 0 saturated carbocycles. The first-order valence-corrected chi connectivity index (χ1v) is 11.4. The first-order valence-electron chi connectivity index (χ1n) is 8.45. The van der Waals surface area contributed by atoms with Crippen molar-refractivity contribution in [3.63, 3.8) is 0 Å². The van der Waals surface area contributed by atoms with Gasteiger partial charge in [0.05, 0.1) is 23.3 Å². The van der Waals surface area contributed by atoms with E-state index in [2.05, 4.69) is 33.9 Å². The fourth-order valence-electron chi connectivity index (χ4n) is 2.99. The molecule has 1 aromatic rings. The maximum atomic E-state index is 12.6. The lowest BCUT2D eigenvalue weighted by atomic mass is 10.1. The molecule has 0 unspecified atom stereocenters. The molecule has 5 heteroatoms. The van der Waals surface area contributed by atoms with E-state index in [0.717, 1.165) is 0 Å². The minimum Gasteiger partial charge on any atom is -0.410 e. The summed E-state index contributed by atoms with van der Waals surface area (Å²) in [6, 6.07) is 6.81. The van der Waals surface area contributed by atoms with Crippen LogP contribution < -0.4 is 0 Å². The van der Waals surface area contributed by atoms with Crippen molar-refractivity contribution < 1.29 is 14.0 Å². The van der Waals surface area contributed by atoms with Gasteiger partial charge in [-0.1, -0.05) is 45.1 Å². The Morgan fingerprint density at radius 3 is 2.08 bits per heavy atom. The minimum atomic E-state index is -1.88. The van der Waals surface area contributed by atoms with Crippen LogP contribution in [0.4, 0.5) is 0 Å². The number of amides is 2. The fraction of sp³-hybridized carbons (Fsp3) is 0.474. The number of carbonyl (C=O) groups excluding carboxylic acids is 2. The molecule has 0 fully saturated rings. The lowest BCUT2D eigenvalue weighted by molar-refractivity contribution is 0.0598. The Morgan fingerprint density at radius 1 is 1.04 bits per heavy atom. The molecule has 2 atom stereocenters. The largest absolute Gasteiger partial charge is 0.410 e. The monoisotopic (exact) mass is 343 g/mol. The molecule has 1 heterocycles. The number of rotatable bonds is 3. The summed E-state index contributed by atoms with van der Waals surface area (Å²) < 4.78 is 6.40. The van der Waals surface area contributed by atoms with Crippen molar-refractivity contribution in [3.8, 4) is 0 Å². The van der Waals surface area contributed by atoms with Crippen LogP contribution in [-0.2, 0) is 4.43 Å². The Morgan fingerprint density at radius 2 is 1.58 bits per heavy atom. The van der Waals surface area contributed by atoms with Gasteiger partial charge in [0.15, 0.2) is 8.32 Å². The number of benzene rings is 1. The van der Waals surface area contributed by atoms with Gasteiger partial charge in [-0.05, 0) is 30.3 Å². The maximum absolute atomic E-state index is 12.6. The summed E-state index contributed by atoms with van der Waals surface area (Å²) in [7, 11) is -1.88. The van der Waals surface area contributed by atoms with Gasteiger partial charge in [0.2, 0.25) is 0 Å². The Kier molecular flexibility index (Phi) is 4.04. The van der Waals surface area contributed by atoms with Gasteiger partial charge in [0.25, 0.3) is 11.8 Å². The molecule has 0 saturated heterocycles. The van der Waals surface area contributed by atoms with Gasteiger partial charge in [-0.15, -0.1) is 0 Å². The normalized spacial score (nSPS) is 24.0. The van der Waals surface area contributed by atoms with Crippen molar-refractivity contribution in [2.45, 2.75) is 57.5 Å². The van der Waals surface area contributed by atoms with Crippen LogP contribution in [0.1, 0.15) is 47.9 Å². The summed E-state index contributed by atoms with van der Waals surface area (Å²) in [5.41, 5.74) is 1.01. The highest BCUT2D eigenvalue weighted by atomic mass is 28.4. The fourth-order valence-corrected chi connectivity index (χ4v) is 4.28. The van der Waals surface area contributed by atoms with Crippen LogP contribution in [0.3, 0.4) is 0 Å². The SMILES string of the molecule is CC(C)(C)[Si](C)(C)O[C@@H]1C=C[C@H](N2C(=O)c3ccccc3C2=O)C1. The number of carbonyl (C=O) groups is 2. The molecular weight excluding hydrogens is 318 g/mol. The van der Waals surface area contributed by atoms with E-state index in [1.165, 1.54) is 4.90 Å². The van der Waals surface area contributed by atoms with E-state index in [4.69, 9.17) is 4.43 Å². The zero-order chi connectivity index (χ0) is 17.7. The molecule has 0 aromatic heterocycles. The topological polar surface area (TPSA) is 46.6 Å². The molecule has 2 aliphatic rings. The third-order valence-corrected chi connectivity index (χ3v) is 9.94. The zero-order valence-corrected chi connectivity index (χ0v) is 16.0. The molecule has 4 nitrogen and oxygen atoms in total. The molecule has 24 heavy (non-hydrogen) atoms. The summed E-state index contributed by atoms with van der Waals surface area (Å²) in [6.45, 7) is 11.1. The third kappa shape index (κ3) is 2.76. The van der Waals surface area contributed by atoms with Gasteiger partial charge in [-0.2, -0.15) is 0 Å². The Bertz CT molecular complexity index is 683. The van der Waals surface area contributed by atoms with Crippen molar-refractivity contribution in [1.29, 1.82) is 0 Å². The van der Waals surface area contributed by atoms with Gasteiger partial charge in [0.1, 0.15) is 0 Å². The van der Waals surface area contributed by atoms with E-state index in [0.29, 0.717) is 17.5 Å². The average molecular weight is 343 g/mol. The molecule has 1 aromatic carbocycles. The number of imide groups is 1. The average Bonchev–Trinajstić information content (AvgIpc) is 3.02. The van der Waals surface area contributed by atoms with Crippen LogP contribution in [0.5, 0.6) is 0 Å². The van der Waals surface area contributed by atoms with Crippen molar-refractivity contribution in [3.05, 3.63) is 47.5 Å². The second-order valence-electron chi connectivity index (χ2n) is 8.13. The first kappa shape index (κ1) is 17.1. The van der Waals surface area contributed by atoms with Gasteiger partial charge < -0.3 is 4.43 Å². The molecule has 0 bridgehead atoms. The van der Waals surface area contributed by atoms with E-state index < -0.39 is 8.32 Å². The maximum Gasteiger partial charge on any atom is 0.262 e. The van der Waals surface area contributed by atoms with E-state index in [9.17, 15) is 9.59 Å². The molecule has 2 amide bonds. The van der Waals surface area contributed by atoms with E-state index >= 15 is 0 Å². The van der Waals surface area contributed by atoms with Crippen molar-refractivity contribution in [1.82, 2.24) is 4.90 Å². The molecule has 0 spiro atoms. The molecule has 0 N–H and O–H groups in total. The van der Waals surface area contributed by atoms with Crippen LogP contribution in [0, 0.1) is 0 Å². The summed E-state index contributed by atoms with van der Waals surface area (Å²) in [5.74, 6) is -0.392. The van der Waals surface area contributed by atoms with Crippen molar-refractivity contribution in [2.75, 3.05) is 0 Å². The van der Waals surface area contributed by atoms with E-state index in [1.54, 1.807) is 24.3 Å². The third-order valence-electron chi connectivity index (χ3n) is 5.43. The second kappa shape index (κ2) is 5.67. The molecule has 128 valence electrons. The standard InChI is InChI=1S/C19H25NO3Si/c1-19(2,3)24(4,5)23-14-11-10-13(12-14)20-17(21)15-8-6-7-9-16(15)18(20)22/h6-11,13-14H,12H2,1-5H3/t13-,14+/m0/s1. The number of fused-ring (bicyclic) bond motifs is 1. The van der Waals surface area contributed by atoms with Gasteiger partial charge in [-0.3, -0.25) is 14.5 Å². The van der Waals surface area contributed by atoms with Crippen LogP contribution in [0.15, 0.2) is 36.4 Å². The van der Waals surface area contributed by atoms with Crippen molar-refractivity contribution >= 4 is 20.1 Å². The number of hydrogen-bond donors (Lipinski definition) is 0. The zero-order valence-electron chi connectivity index (χ0n) is 15.0. The molecule has 1 aliphatic carbocycles. The Balaban J connectivity index is 1.73. The summed E-state index contributed by atoms with van der Waals surface area (Å²) in [4.78, 5) is 26.6. The van der Waals surface area contributed by atoms with E-state index in [1.807, 2.05) is 12.2 Å². The first-order chi connectivity index (χ1) is 11.1. The van der Waals surface area contributed by atoms with Gasteiger partial charge in [0, 0.05) is 6.42 Å². The number of hydrogen-bond acceptors (Lipinski definition) is 3. The minimum absolute atomic E-state index is 0.0276. The lowest BCUT2D eigenvalue weighted by Crippen LogP contribution is -2.44. The molecule has 3 rings (SSSR count). The molecular formula is C19H25NO3Si. The Labute approximate surface area is 144 Å². The summed E-state index contributed by atoms with van der Waals surface area (Å²) in [6.07, 6.45) is 4.58. The molecule has 0 radical (unpaired) electrons. The quantitative estimate of drug-likeness (QED) is 0.473.